The van der Waals surface area contributed by atoms with Gasteiger partial charge in [-0.25, -0.2) is 8.42 Å². The molecule has 4 nitrogen and oxygen atoms in total. The normalized spacial score (nSPS) is 20.8. The van der Waals surface area contributed by atoms with E-state index in [1.54, 1.807) is 11.0 Å². The molecule has 20 heavy (non-hydrogen) atoms. The molecular formula is C14H18INO3S. The zero-order valence-electron chi connectivity index (χ0n) is 11.4. The van der Waals surface area contributed by atoms with E-state index in [1.807, 2.05) is 25.1 Å². The highest BCUT2D eigenvalue weighted by atomic mass is 127. The molecule has 1 aromatic rings. The van der Waals surface area contributed by atoms with Crippen molar-refractivity contribution < 1.29 is 13.2 Å². The van der Waals surface area contributed by atoms with Gasteiger partial charge in [0, 0.05) is 21.7 Å². The molecule has 1 fully saturated rings. The number of hydrogen-bond acceptors (Lipinski definition) is 3. The Morgan fingerprint density at radius 2 is 2.20 bits per heavy atom. The minimum Gasteiger partial charge on any atom is -0.335 e. The average molecular weight is 407 g/mol. The number of carbonyl (C=O) groups excluding carboxylic acids is 1. The first-order chi connectivity index (χ1) is 9.43. The van der Waals surface area contributed by atoms with E-state index >= 15 is 0 Å². The van der Waals surface area contributed by atoms with Gasteiger partial charge in [-0.3, -0.25) is 4.79 Å². The Bertz CT molecular complexity index is 600. The Labute approximate surface area is 133 Å². The molecule has 0 saturated carbocycles. The number of carbonyl (C=O) groups is 1. The lowest BCUT2D eigenvalue weighted by atomic mass is 10.1. The first-order valence-corrected chi connectivity index (χ1v) is 9.60. The number of benzene rings is 1. The van der Waals surface area contributed by atoms with E-state index in [2.05, 4.69) is 22.6 Å². The highest BCUT2D eigenvalue weighted by Crippen LogP contribution is 2.21. The zero-order valence-corrected chi connectivity index (χ0v) is 14.4. The van der Waals surface area contributed by atoms with Crippen LogP contribution in [0.1, 0.15) is 30.1 Å². The average Bonchev–Trinajstić information content (AvgIpc) is 2.75. The van der Waals surface area contributed by atoms with E-state index in [0.29, 0.717) is 18.5 Å². The quantitative estimate of drug-likeness (QED) is 0.721. The van der Waals surface area contributed by atoms with Crippen LogP contribution in [0, 0.1) is 3.57 Å². The first kappa shape index (κ1) is 15.8. The summed E-state index contributed by atoms with van der Waals surface area (Å²) in [5.41, 5.74) is 0.634. The second-order valence-corrected chi connectivity index (χ2v) is 8.54. The van der Waals surface area contributed by atoms with Crippen LogP contribution in [0.25, 0.3) is 0 Å². The van der Waals surface area contributed by atoms with Crippen LogP contribution in [0.15, 0.2) is 24.3 Å². The predicted octanol–water partition coefficient (Wildman–Crippen LogP) is 2.33. The van der Waals surface area contributed by atoms with Crippen LogP contribution >= 0.6 is 22.6 Å². The molecule has 0 aliphatic carbocycles. The lowest BCUT2D eigenvalue weighted by Crippen LogP contribution is -2.41. The largest absolute Gasteiger partial charge is 0.335 e. The maximum absolute atomic E-state index is 12.6. The Hall–Kier alpha value is -0.630. The number of halogens is 1. The molecule has 1 aliphatic heterocycles. The molecule has 1 heterocycles. The van der Waals surface area contributed by atoms with E-state index in [0.717, 1.165) is 9.99 Å². The topological polar surface area (TPSA) is 54.5 Å². The monoisotopic (exact) mass is 407 g/mol. The van der Waals surface area contributed by atoms with Crippen molar-refractivity contribution in [1.82, 2.24) is 4.90 Å². The highest BCUT2D eigenvalue weighted by Gasteiger charge is 2.34. The number of hydrogen-bond donors (Lipinski definition) is 0. The molecular weight excluding hydrogens is 389 g/mol. The summed E-state index contributed by atoms with van der Waals surface area (Å²) in [6, 6.07) is 7.24. The summed E-state index contributed by atoms with van der Waals surface area (Å²) in [4.78, 5) is 14.3. The number of rotatable bonds is 4. The summed E-state index contributed by atoms with van der Waals surface area (Å²) in [6.45, 7) is 2.60. The van der Waals surface area contributed by atoms with Crippen LogP contribution in [0.4, 0.5) is 0 Å². The van der Waals surface area contributed by atoms with Gasteiger partial charge in [0.2, 0.25) is 0 Å². The Balaban J connectivity index is 2.22. The van der Waals surface area contributed by atoms with E-state index in [4.69, 9.17) is 0 Å². The molecule has 0 N–H and O–H groups in total. The van der Waals surface area contributed by atoms with Crippen molar-refractivity contribution in [2.75, 3.05) is 18.1 Å². The molecule has 1 amide bonds. The number of amides is 1. The van der Waals surface area contributed by atoms with Crippen LogP contribution in [0.3, 0.4) is 0 Å². The van der Waals surface area contributed by atoms with Crippen molar-refractivity contribution in [3.63, 3.8) is 0 Å². The first-order valence-electron chi connectivity index (χ1n) is 6.70. The van der Waals surface area contributed by atoms with Crippen LogP contribution in [-0.4, -0.2) is 43.3 Å². The molecule has 1 atom stereocenters. The van der Waals surface area contributed by atoms with Gasteiger partial charge in [-0.2, -0.15) is 0 Å². The summed E-state index contributed by atoms with van der Waals surface area (Å²) in [7, 11) is -2.98. The molecule has 1 saturated heterocycles. The van der Waals surface area contributed by atoms with Crippen molar-refractivity contribution in [3.8, 4) is 0 Å². The minimum atomic E-state index is -2.98. The molecule has 0 bridgehead atoms. The smallest absolute Gasteiger partial charge is 0.254 e. The van der Waals surface area contributed by atoms with Gasteiger partial charge in [-0.05, 0) is 53.6 Å². The number of sulfone groups is 1. The lowest BCUT2D eigenvalue weighted by molar-refractivity contribution is 0.0697. The van der Waals surface area contributed by atoms with E-state index in [-0.39, 0.29) is 23.5 Å². The fourth-order valence-electron chi connectivity index (χ4n) is 2.50. The summed E-state index contributed by atoms with van der Waals surface area (Å²) < 4.78 is 24.3. The summed E-state index contributed by atoms with van der Waals surface area (Å²) >= 11 is 2.17. The second kappa shape index (κ2) is 6.43. The second-order valence-electron chi connectivity index (χ2n) is 5.07. The molecule has 1 aliphatic rings. The zero-order chi connectivity index (χ0) is 14.8. The lowest BCUT2D eigenvalue weighted by Gasteiger charge is -2.28. The SMILES string of the molecule is CCCN(C(=O)c1cccc(I)c1)[C@H]1CCS(=O)(=O)C1. The maximum Gasteiger partial charge on any atom is 0.254 e. The van der Waals surface area contributed by atoms with Crippen LogP contribution in [0.2, 0.25) is 0 Å². The fourth-order valence-corrected chi connectivity index (χ4v) is 4.77. The molecule has 0 radical (unpaired) electrons. The molecule has 2 rings (SSSR count). The van der Waals surface area contributed by atoms with E-state index < -0.39 is 9.84 Å². The van der Waals surface area contributed by atoms with Crippen molar-refractivity contribution in [2.24, 2.45) is 0 Å². The summed E-state index contributed by atoms with van der Waals surface area (Å²) in [5.74, 6) is 0.229. The van der Waals surface area contributed by atoms with Gasteiger partial charge in [0.05, 0.1) is 11.5 Å². The van der Waals surface area contributed by atoms with Gasteiger partial charge in [-0.1, -0.05) is 13.0 Å². The molecule has 0 unspecified atom stereocenters. The summed E-state index contributed by atoms with van der Waals surface area (Å²) in [6.07, 6.45) is 1.38. The Kier molecular flexibility index (Phi) is 5.06. The molecule has 0 spiro atoms. The minimum absolute atomic E-state index is 0.0625. The standard InChI is InChI=1S/C14H18INO3S/c1-2-7-16(13-6-8-20(18,19)10-13)14(17)11-4-3-5-12(15)9-11/h3-5,9,13H,2,6-8,10H2,1H3/t13-/m0/s1. The molecule has 1 aromatic carbocycles. The van der Waals surface area contributed by atoms with Crippen molar-refractivity contribution in [3.05, 3.63) is 33.4 Å². The van der Waals surface area contributed by atoms with Crippen LogP contribution in [0.5, 0.6) is 0 Å². The Morgan fingerprint density at radius 3 is 2.75 bits per heavy atom. The third-order valence-corrected chi connectivity index (χ3v) is 5.87. The Morgan fingerprint density at radius 1 is 1.45 bits per heavy atom. The fraction of sp³-hybridized carbons (Fsp3) is 0.500. The van der Waals surface area contributed by atoms with Crippen molar-refractivity contribution in [1.29, 1.82) is 0 Å². The third-order valence-electron chi connectivity index (χ3n) is 3.45. The van der Waals surface area contributed by atoms with Gasteiger partial charge >= 0.3 is 0 Å². The van der Waals surface area contributed by atoms with Gasteiger partial charge in [0.15, 0.2) is 9.84 Å². The molecule has 0 aromatic heterocycles. The van der Waals surface area contributed by atoms with Crippen LogP contribution < -0.4 is 0 Å². The number of nitrogens with zero attached hydrogens (tertiary/aromatic N) is 1. The van der Waals surface area contributed by atoms with E-state index in [1.165, 1.54) is 0 Å². The molecule has 6 heteroatoms. The van der Waals surface area contributed by atoms with Gasteiger partial charge < -0.3 is 4.90 Å². The van der Waals surface area contributed by atoms with Gasteiger partial charge in [0.1, 0.15) is 0 Å². The van der Waals surface area contributed by atoms with E-state index in [9.17, 15) is 13.2 Å². The predicted molar refractivity (Wildman–Crippen MR) is 87.5 cm³/mol. The van der Waals surface area contributed by atoms with Gasteiger partial charge in [-0.15, -0.1) is 0 Å². The van der Waals surface area contributed by atoms with Gasteiger partial charge in [0.25, 0.3) is 5.91 Å². The molecule has 110 valence electrons. The highest BCUT2D eigenvalue weighted by molar-refractivity contribution is 14.1. The maximum atomic E-state index is 12.6. The third kappa shape index (κ3) is 3.72. The van der Waals surface area contributed by atoms with Crippen molar-refractivity contribution >= 4 is 38.3 Å². The van der Waals surface area contributed by atoms with Crippen LogP contribution in [-0.2, 0) is 9.84 Å². The van der Waals surface area contributed by atoms with Crippen molar-refractivity contribution in [2.45, 2.75) is 25.8 Å². The summed E-state index contributed by atoms with van der Waals surface area (Å²) in [5, 5.41) is 0.